The van der Waals surface area contributed by atoms with Crippen molar-refractivity contribution in [2.75, 3.05) is 0 Å². The van der Waals surface area contributed by atoms with Crippen molar-refractivity contribution >= 4 is 12.2 Å². The quantitative estimate of drug-likeness (QED) is 0.519. The summed E-state index contributed by atoms with van der Waals surface area (Å²) in [6.45, 7) is 25.3. The zero-order valence-corrected chi connectivity index (χ0v) is 13.6. The summed E-state index contributed by atoms with van der Waals surface area (Å²) >= 11 is 0. The van der Waals surface area contributed by atoms with Crippen LogP contribution in [0.5, 0.6) is 0 Å². The van der Waals surface area contributed by atoms with Crippen molar-refractivity contribution in [3.8, 4) is 0 Å². The Morgan fingerprint density at radius 2 is 0.682 bits per heavy atom. The summed E-state index contributed by atoms with van der Waals surface area (Å²) in [6.07, 6.45) is 3.67. The molecule has 0 aliphatic rings. The Bertz CT molecular complexity index is 406. The summed E-state index contributed by atoms with van der Waals surface area (Å²) in [6, 6.07) is 20.1. The van der Waals surface area contributed by atoms with Crippen LogP contribution in [0, 0.1) is 0 Å². The molecule has 0 saturated heterocycles. The molecule has 0 atom stereocenters. The van der Waals surface area contributed by atoms with Crippen LogP contribution in [0.4, 0.5) is 0 Å². The first kappa shape index (κ1) is 24.2. The number of hydrogen-bond acceptors (Lipinski definition) is 0. The summed E-state index contributed by atoms with van der Waals surface area (Å²) in [7, 11) is 0. The van der Waals surface area contributed by atoms with Crippen LogP contribution in [0.2, 0.25) is 0 Å². The summed E-state index contributed by atoms with van der Waals surface area (Å²) < 4.78 is 0. The Kier molecular flexibility index (Phi) is 25.6. The molecule has 0 aliphatic carbocycles. The molecule has 116 valence electrons. The standard InChI is InChI=1S/2C8H8.3C2H4/c2*1-2-8-6-4-3-5-7-8;3*1-2/h2*2-7H,1H2;3*1-2H2. The van der Waals surface area contributed by atoms with Gasteiger partial charge in [-0.1, -0.05) is 86.0 Å². The van der Waals surface area contributed by atoms with Gasteiger partial charge in [-0.2, -0.15) is 0 Å². The van der Waals surface area contributed by atoms with Gasteiger partial charge in [-0.25, -0.2) is 0 Å². The first-order chi connectivity index (χ1) is 10.9. The lowest BCUT2D eigenvalue weighted by Crippen LogP contribution is -1.63. The predicted octanol–water partition coefficient (Wildman–Crippen LogP) is 7.07. The lowest BCUT2D eigenvalue weighted by Gasteiger charge is -1.85. The molecule has 2 rings (SSSR count). The Hall–Kier alpha value is -2.86. The van der Waals surface area contributed by atoms with E-state index in [1.807, 2.05) is 72.8 Å². The van der Waals surface area contributed by atoms with Crippen LogP contribution < -0.4 is 0 Å². The molecule has 0 aromatic heterocycles. The fourth-order valence-electron chi connectivity index (χ4n) is 1.18. The lowest BCUT2D eigenvalue weighted by atomic mass is 10.2. The van der Waals surface area contributed by atoms with E-state index in [-0.39, 0.29) is 0 Å². The summed E-state index contributed by atoms with van der Waals surface area (Å²) in [5, 5.41) is 0. The van der Waals surface area contributed by atoms with Gasteiger partial charge in [0.05, 0.1) is 0 Å². The minimum Gasteiger partial charge on any atom is -0.106 e. The third-order valence-corrected chi connectivity index (χ3v) is 2.07. The molecule has 0 bridgehead atoms. The molecule has 0 unspecified atom stereocenters. The van der Waals surface area contributed by atoms with Crippen LogP contribution in [0.15, 0.2) is 113 Å². The molecule has 0 N–H and O–H groups in total. The molecule has 0 saturated carbocycles. The molecule has 0 amide bonds. The van der Waals surface area contributed by atoms with Crippen LogP contribution in [-0.2, 0) is 0 Å². The highest BCUT2D eigenvalue weighted by Gasteiger charge is 1.76. The minimum atomic E-state index is 1.17. The number of benzene rings is 2. The van der Waals surface area contributed by atoms with E-state index in [4.69, 9.17) is 0 Å². The lowest BCUT2D eigenvalue weighted by molar-refractivity contribution is 1.67. The minimum absolute atomic E-state index is 1.17. The molecule has 0 fully saturated rings. The van der Waals surface area contributed by atoms with Crippen molar-refractivity contribution in [1.82, 2.24) is 0 Å². The Labute approximate surface area is 137 Å². The first-order valence-electron chi connectivity index (χ1n) is 6.72. The van der Waals surface area contributed by atoms with Crippen molar-refractivity contribution in [1.29, 1.82) is 0 Å². The zero-order chi connectivity index (χ0) is 17.6. The van der Waals surface area contributed by atoms with E-state index in [9.17, 15) is 0 Å². The highest BCUT2D eigenvalue weighted by Crippen LogP contribution is 1.98. The molecule has 0 nitrogen and oxygen atoms in total. The Balaban J connectivity index is -0.000000246. The second-order valence-corrected chi connectivity index (χ2v) is 3.23. The molecule has 0 spiro atoms. The van der Waals surface area contributed by atoms with Gasteiger partial charge >= 0.3 is 0 Å². The third-order valence-electron chi connectivity index (χ3n) is 2.07. The van der Waals surface area contributed by atoms with Gasteiger partial charge in [0.15, 0.2) is 0 Å². The number of rotatable bonds is 2. The highest BCUT2D eigenvalue weighted by molar-refractivity contribution is 5.46. The average molecular weight is 292 g/mol. The molecule has 0 radical (unpaired) electrons. The van der Waals surface area contributed by atoms with E-state index in [2.05, 4.69) is 52.6 Å². The van der Waals surface area contributed by atoms with Crippen LogP contribution in [0.3, 0.4) is 0 Å². The predicted molar refractivity (Wildman–Crippen MR) is 107 cm³/mol. The second kappa shape index (κ2) is 23.2. The molecule has 0 aliphatic heterocycles. The fraction of sp³-hybridized carbons (Fsp3) is 0. The van der Waals surface area contributed by atoms with E-state index in [0.717, 1.165) is 0 Å². The van der Waals surface area contributed by atoms with E-state index in [1.54, 1.807) is 0 Å². The SMILES string of the molecule is C=C.C=C.C=C.C=Cc1ccccc1.C=Cc1ccccc1. The normalized spacial score (nSPS) is 6.73. The second-order valence-electron chi connectivity index (χ2n) is 3.23. The van der Waals surface area contributed by atoms with Gasteiger partial charge in [-0.15, -0.1) is 39.5 Å². The molecule has 0 heterocycles. The average Bonchev–Trinajstić information content (AvgIpc) is 2.68. The monoisotopic (exact) mass is 292 g/mol. The van der Waals surface area contributed by atoms with Gasteiger partial charge in [0.25, 0.3) is 0 Å². The van der Waals surface area contributed by atoms with Crippen LogP contribution >= 0.6 is 0 Å². The summed E-state index contributed by atoms with van der Waals surface area (Å²) in [4.78, 5) is 0. The molecular formula is C22H28. The number of hydrogen-bond donors (Lipinski definition) is 0. The van der Waals surface area contributed by atoms with Crippen molar-refractivity contribution in [2.45, 2.75) is 0 Å². The Morgan fingerprint density at radius 3 is 0.818 bits per heavy atom. The smallest absolute Gasteiger partial charge is 0.0263 e. The van der Waals surface area contributed by atoms with Crippen LogP contribution in [0.1, 0.15) is 11.1 Å². The fourth-order valence-corrected chi connectivity index (χ4v) is 1.18. The van der Waals surface area contributed by atoms with Gasteiger partial charge in [0, 0.05) is 0 Å². The summed E-state index contributed by atoms with van der Waals surface area (Å²) in [5.74, 6) is 0. The van der Waals surface area contributed by atoms with Crippen molar-refractivity contribution in [2.24, 2.45) is 0 Å². The van der Waals surface area contributed by atoms with E-state index >= 15 is 0 Å². The molecular weight excluding hydrogens is 264 g/mol. The van der Waals surface area contributed by atoms with Crippen molar-refractivity contribution in [3.05, 3.63) is 124 Å². The maximum absolute atomic E-state index is 3.63. The van der Waals surface area contributed by atoms with Gasteiger partial charge in [-0.05, 0) is 11.1 Å². The van der Waals surface area contributed by atoms with E-state index in [0.29, 0.717) is 0 Å². The van der Waals surface area contributed by atoms with E-state index in [1.165, 1.54) is 11.1 Å². The molecule has 0 heteroatoms. The zero-order valence-electron chi connectivity index (χ0n) is 13.6. The van der Waals surface area contributed by atoms with E-state index < -0.39 is 0 Å². The third kappa shape index (κ3) is 15.2. The van der Waals surface area contributed by atoms with Gasteiger partial charge < -0.3 is 0 Å². The molecule has 2 aromatic carbocycles. The van der Waals surface area contributed by atoms with Crippen LogP contribution in [0.25, 0.3) is 12.2 Å². The Morgan fingerprint density at radius 1 is 0.455 bits per heavy atom. The van der Waals surface area contributed by atoms with Crippen LogP contribution in [-0.4, -0.2) is 0 Å². The maximum atomic E-state index is 3.63. The molecule has 22 heavy (non-hydrogen) atoms. The first-order valence-corrected chi connectivity index (χ1v) is 6.72. The van der Waals surface area contributed by atoms with Gasteiger partial charge in [0.2, 0.25) is 0 Å². The summed E-state index contributed by atoms with van der Waals surface area (Å²) in [5.41, 5.74) is 2.35. The van der Waals surface area contributed by atoms with Gasteiger partial charge in [0.1, 0.15) is 0 Å². The molecule has 2 aromatic rings. The van der Waals surface area contributed by atoms with Crippen molar-refractivity contribution < 1.29 is 0 Å². The van der Waals surface area contributed by atoms with Gasteiger partial charge in [-0.3, -0.25) is 0 Å². The highest BCUT2D eigenvalue weighted by atomic mass is 13.8. The topological polar surface area (TPSA) is 0 Å². The van der Waals surface area contributed by atoms with Crippen molar-refractivity contribution in [3.63, 3.8) is 0 Å². The maximum Gasteiger partial charge on any atom is -0.0263 e. The largest absolute Gasteiger partial charge is 0.106 e.